The predicted octanol–water partition coefficient (Wildman–Crippen LogP) is 2.28. The van der Waals surface area contributed by atoms with Gasteiger partial charge in [-0.15, -0.1) is 0 Å². The van der Waals surface area contributed by atoms with Crippen LogP contribution >= 0.6 is 0 Å². The van der Waals surface area contributed by atoms with Crippen molar-refractivity contribution >= 4 is 11.4 Å². The van der Waals surface area contributed by atoms with Gasteiger partial charge in [0.15, 0.2) is 0 Å². The minimum Gasteiger partial charge on any atom is -0.491 e. The van der Waals surface area contributed by atoms with E-state index in [1.807, 2.05) is 18.2 Å². The van der Waals surface area contributed by atoms with E-state index >= 15 is 0 Å². The number of hydrogen-bond donors (Lipinski definition) is 1. The zero-order valence-corrected chi connectivity index (χ0v) is 11.2. The highest BCUT2D eigenvalue weighted by atomic mass is 16.5. The SMILES string of the molecule is CCCOc1cccc(N2CCC(OC)C2)c1N. The van der Waals surface area contributed by atoms with E-state index in [2.05, 4.69) is 11.8 Å². The molecule has 100 valence electrons. The van der Waals surface area contributed by atoms with Crippen molar-refractivity contribution in [3.05, 3.63) is 18.2 Å². The fourth-order valence-electron chi connectivity index (χ4n) is 2.29. The molecule has 0 radical (unpaired) electrons. The summed E-state index contributed by atoms with van der Waals surface area (Å²) in [5, 5.41) is 0. The Balaban J connectivity index is 2.13. The first-order chi connectivity index (χ1) is 8.76. The maximum absolute atomic E-state index is 6.18. The largest absolute Gasteiger partial charge is 0.491 e. The van der Waals surface area contributed by atoms with Gasteiger partial charge in [-0.25, -0.2) is 0 Å². The van der Waals surface area contributed by atoms with Crippen LogP contribution in [0.15, 0.2) is 18.2 Å². The van der Waals surface area contributed by atoms with Crippen molar-refractivity contribution in [2.45, 2.75) is 25.9 Å². The first-order valence-electron chi connectivity index (χ1n) is 6.55. The van der Waals surface area contributed by atoms with Gasteiger partial charge in [0.25, 0.3) is 0 Å². The van der Waals surface area contributed by atoms with Crippen molar-refractivity contribution in [1.82, 2.24) is 0 Å². The van der Waals surface area contributed by atoms with E-state index < -0.39 is 0 Å². The molecule has 1 aromatic rings. The van der Waals surface area contributed by atoms with Crippen LogP contribution in [0.25, 0.3) is 0 Å². The zero-order chi connectivity index (χ0) is 13.0. The monoisotopic (exact) mass is 250 g/mol. The lowest BCUT2D eigenvalue weighted by molar-refractivity contribution is 0.121. The lowest BCUT2D eigenvalue weighted by Crippen LogP contribution is -2.23. The molecule has 0 aromatic heterocycles. The van der Waals surface area contributed by atoms with Crippen molar-refractivity contribution in [1.29, 1.82) is 0 Å². The molecule has 1 aromatic carbocycles. The second-order valence-corrected chi connectivity index (χ2v) is 4.63. The second-order valence-electron chi connectivity index (χ2n) is 4.63. The van der Waals surface area contributed by atoms with Crippen molar-refractivity contribution in [3.63, 3.8) is 0 Å². The summed E-state index contributed by atoms with van der Waals surface area (Å²) in [7, 11) is 1.76. The molecule has 1 unspecified atom stereocenters. The van der Waals surface area contributed by atoms with Crippen LogP contribution in [-0.2, 0) is 4.74 Å². The molecule has 0 amide bonds. The van der Waals surface area contributed by atoms with Crippen LogP contribution in [0.3, 0.4) is 0 Å². The maximum Gasteiger partial charge on any atom is 0.144 e. The highest BCUT2D eigenvalue weighted by Crippen LogP contribution is 2.34. The number of rotatable bonds is 5. The summed E-state index contributed by atoms with van der Waals surface area (Å²) in [5.41, 5.74) is 7.98. The van der Waals surface area contributed by atoms with Crippen LogP contribution in [0.4, 0.5) is 11.4 Å². The summed E-state index contributed by atoms with van der Waals surface area (Å²) in [5.74, 6) is 0.787. The van der Waals surface area contributed by atoms with Gasteiger partial charge in [0.05, 0.1) is 24.1 Å². The van der Waals surface area contributed by atoms with Crippen molar-refractivity contribution in [3.8, 4) is 5.75 Å². The summed E-state index contributed by atoms with van der Waals surface area (Å²) < 4.78 is 11.0. The number of benzene rings is 1. The van der Waals surface area contributed by atoms with E-state index in [0.717, 1.165) is 43.1 Å². The minimum absolute atomic E-state index is 0.310. The van der Waals surface area contributed by atoms with Crippen molar-refractivity contribution in [2.24, 2.45) is 0 Å². The topological polar surface area (TPSA) is 47.7 Å². The van der Waals surface area contributed by atoms with Gasteiger partial charge in [0.2, 0.25) is 0 Å². The Morgan fingerprint density at radius 2 is 2.28 bits per heavy atom. The Bertz CT molecular complexity index is 395. The van der Waals surface area contributed by atoms with Gasteiger partial charge in [-0.1, -0.05) is 13.0 Å². The summed E-state index contributed by atoms with van der Waals surface area (Å²) in [6, 6.07) is 5.97. The fraction of sp³-hybridized carbons (Fsp3) is 0.571. The van der Waals surface area contributed by atoms with Crippen molar-refractivity contribution in [2.75, 3.05) is 37.4 Å². The van der Waals surface area contributed by atoms with Gasteiger partial charge >= 0.3 is 0 Å². The Morgan fingerprint density at radius 3 is 2.94 bits per heavy atom. The molecule has 1 saturated heterocycles. The summed E-state index contributed by atoms with van der Waals surface area (Å²) in [6.45, 7) is 4.68. The number of nitrogens with zero attached hydrogens (tertiary/aromatic N) is 1. The lowest BCUT2D eigenvalue weighted by Gasteiger charge is -2.21. The number of hydrogen-bond acceptors (Lipinski definition) is 4. The van der Waals surface area contributed by atoms with Crippen LogP contribution in [0.1, 0.15) is 19.8 Å². The number of methoxy groups -OCH3 is 1. The van der Waals surface area contributed by atoms with Gasteiger partial charge in [0, 0.05) is 20.2 Å². The van der Waals surface area contributed by atoms with Gasteiger partial charge in [-0.05, 0) is 25.0 Å². The number of para-hydroxylation sites is 1. The highest BCUT2D eigenvalue weighted by Gasteiger charge is 2.24. The Kier molecular flexibility index (Phi) is 4.31. The fourth-order valence-corrected chi connectivity index (χ4v) is 2.29. The molecule has 1 atom stereocenters. The van der Waals surface area contributed by atoms with Crippen LogP contribution < -0.4 is 15.4 Å². The molecule has 18 heavy (non-hydrogen) atoms. The van der Waals surface area contributed by atoms with E-state index in [4.69, 9.17) is 15.2 Å². The molecule has 0 bridgehead atoms. The van der Waals surface area contributed by atoms with Gasteiger partial charge in [-0.3, -0.25) is 0 Å². The molecule has 1 fully saturated rings. The molecule has 2 rings (SSSR count). The molecular weight excluding hydrogens is 228 g/mol. The van der Waals surface area contributed by atoms with Crippen LogP contribution in [-0.4, -0.2) is 32.9 Å². The zero-order valence-electron chi connectivity index (χ0n) is 11.2. The average molecular weight is 250 g/mol. The molecular formula is C14H22N2O2. The van der Waals surface area contributed by atoms with Gasteiger partial charge in [0.1, 0.15) is 5.75 Å². The molecule has 1 heterocycles. The molecule has 0 spiro atoms. The number of nitrogen functional groups attached to an aromatic ring is 1. The van der Waals surface area contributed by atoms with Crippen molar-refractivity contribution < 1.29 is 9.47 Å². The molecule has 0 aliphatic carbocycles. The average Bonchev–Trinajstić information content (AvgIpc) is 2.86. The lowest BCUT2D eigenvalue weighted by atomic mass is 10.2. The van der Waals surface area contributed by atoms with E-state index in [0.29, 0.717) is 12.7 Å². The highest BCUT2D eigenvalue weighted by molar-refractivity contribution is 5.74. The molecule has 4 nitrogen and oxygen atoms in total. The number of nitrogens with two attached hydrogens (primary N) is 1. The molecule has 0 saturated carbocycles. The van der Waals surface area contributed by atoms with E-state index in [-0.39, 0.29) is 0 Å². The standard InChI is InChI=1S/C14H22N2O2/c1-3-9-18-13-6-4-5-12(14(13)15)16-8-7-11(10-16)17-2/h4-6,11H,3,7-10,15H2,1-2H3. The molecule has 2 N–H and O–H groups in total. The number of anilines is 2. The third kappa shape index (κ3) is 2.70. The molecule has 4 heteroatoms. The molecule has 1 aliphatic rings. The van der Waals surface area contributed by atoms with E-state index in [9.17, 15) is 0 Å². The van der Waals surface area contributed by atoms with Crippen LogP contribution in [0.2, 0.25) is 0 Å². The van der Waals surface area contributed by atoms with E-state index in [1.54, 1.807) is 7.11 Å². The summed E-state index contributed by atoms with van der Waals surface area (Å²) in [6.07, 6.45) is 2.35. The van der Waals surface area contributed by atoms with Crippen LogP contribution in [0, 0.1) is 0 Å². The second kappa shape index (κ2) is 5.96. The van der Waals surface area contributed by atoms with E-state index in [1.165, 1.54) is 0 Å². The van der Waals surface area contributed by atoms with Gasteiger partial charge in [-0.2, -0.15) is 0 Å². The maximum atomic E-state index is 6.18. The minimum atomic E-state index is 0.310. The quantitative estimate of drug-likeness (QED) is 0.814. The Morgan fingerprint density at radius 1 is 1.44 bits per heavy atom. The normalized spacial score (nSPS) is 19.2. The van der Waals surface area contributed by atoms with Gasteiger partial charge < -0.3 is 20.1 Å². The third-order valence-electron chi connectivity index (χ3n) is 3.32. The Labute approximate surface area is 109 Å². The Hall–Kier alpha value is -1.42. The molecule has 1 aliphatic heterocycles. The third-order valence-corrected chi connectivity index (χ3v) is 3.32. The number of ether oxygens (including phenoxy) is 2. The first kappa shape index (κ1) is 13.0. The summed E-state index contributed by atoms with van der Waals surface area (Å²) in [4.78, 5) is 2.27. The summed E-state index contributed by atoms with van der Waals surface area (Å²) >= 11 is 0. The first-order valence-corrected chi connectivity index (χ1v) is 6.55. The predicted molar refractivity (Wildman–Crippen MR) is 74.3 cm³/mol. The smallest absolute Gasteiger partial charge is 0.144 e. The van der Waals surface area contributed by atoms with Crippen LogP contribution in [0.5, 0.6) is 5.75 Å².